The van der Waals surface area contributed by atoms with Crippen molar-refractivity contribution in [3.8, 4) is 0 Å². The van der Waals surface area contributed by atoms with Gasteiger partial charge in [-0.05, 0) is 0 Å². The van der Waals surface area contributed by atoms with Crippen LogP contribution in [0.2, 0.25) is 0 Å². The Morgan fingerprint density at radius 2 is 0.756 bits per heavy atom. The Morgan fingerprint density at radius 1 is 0.512 bits per heavy atom. The van der Waals surface area contributed by atoms with Crippen LogP contribution < -0.4 is 10.9 Å². The smallest absolute Gasteiger partial charge is 0.307 e. The summed E-state index contributed by atoms with van der Waals surface area (Å²) in [7, 11) is 0. The first-order valence-corrected chi connectivity index (χ1v) is 10.3. The van der Waals surface area contributed by atoms with Crippen LogP contribution in [0.3, 0.4) is 0 Å². The number of halogens is 15. The van der Waals surface area contributed by atoms with Gasteiger partial charge in [0.2, 0.25) is 12.5 Å². The number of hydrogen-bond donors (Lipinski definition) is 0. The van der Waals surface area contributed by atoms with E-state index in [-0.39, 0.29) is 0 Å². The summed E-state index contributed by atoms with van der Waals surface area (Å²) in [4.78, 5) is 11.5. The number of hydrogen-bond acceptors (Lipinski definition) is 2. The van der Waals surface area contributed by atoms with E-state index < -0.39 is 128 Å². The highest BCUT2D eigenvalue weighted by Gasteiger charge is 2.48. The van der Waals surface area contributed by atoms with Gasteiger partial charge in [-0.25, -0.2) is 65.9 Å². The summed E-state index contributed by atoms with van der Waals surface area (Å²) in [5.74, 6) is -51.7. The number of carbonyl (C=O) groups is 1. The van der Waals surface area contributed by atoms with E-state index in [4.69, 9.17) is 0 Å². The maximum Gasteiger partial charge on any atom is 0.307 e. The van der Waals surface area contributed by atoms with Gasteiger partial charge in [-0.15, -0.1) is 0 Å². The lowest BCUT2D eigenvalue weighted by Gasteiger charge is -2.29. The molecule has 0 saturated carbocycles. The van der Waals surface area contributed by atoms with Crippen molar-refractivity contribution in [2.75, 3.05) is 0 Å². The molecule has 0 amide bonds. The molecule has 0 aliphatic rings. The van der Waals surface area contributed by atoms with Crippen molar-refractivity contribution in [3.05, 3.63) is 105 Å². The van der Waals surface area contributed by atoms with E-state index in [0.29, 0.717) is 6.92 Å². The summed E-state index contributed by atoms with van der Waals surface area (Å²) in [6.07, 6.45) is 0. The summed E-state index contributed by atoms with van der Waals surface area (Å²) >= 11 is 0. The van der Waals surface area contributed by atoms with Gasteiger partial charge in [-0.3, -0.25) is 4.79 Å². The van der Waals surface area contributed by atoms with Crippen molar-refractivity contribution in [3.63, 3.8) is 0 Å². The van der Waals surface area contributed by atoms with Crippen LogP contribution >= 0.6 is 0 Å². The molecule has 18 heteroatoms. The molecule has 41 heavy (non-hydrogen) atoms. The van der Waals surface area contributed by atoms with Crippen LogP contribution in [0.25, 0.3) is 0 Å². The predicted octanol–water partition coefficient (Wildman–Crippen LogP) is 5.78. The van der Waals surface area contributed by atoms with E-state index in [0.717, 1.165) is 0 Å². The minimum absolute atomic E-state index is 0.451. The van der Waals surface area contributed by atoms with Crippen molar-refractivity contribution >= 4 is 23.6 Å². The molecule has 3 aromatic rings. The SMILES string of the molecule is C=C(OC(C)=O)C(B(c1c(F)c(F)c(F)c(F)c1F)c1c(F)c(F)c(F)c(F)c1F)c1c(F)c(F)c(F)c(F)c1F. The quantitative estimate of drug-likeness (QED) is 0.0885. The second-order valence-corrected chi connectivity index (χ2v) is 7.97. The van der Waals surface area contributed by atoms with E-state index in [2.05, 4.69) is 11.3 Å². The summed E-state index contributed by atoms with van der Waals surface area (Å²) in [5, 5.41) is 0. The number of carbonyl (C=O) groups excluding carboxylic acids is 1. The molecule has 0 aromatic heterocycles. The molecule has 0 bridgehead atoms. The van der Waals surface area contributed by atoms with Crippen molar-refractivity contribution in [2.45, 2.75) is 12.7 Å². The van der Waals surface area contributed by atoms with Crippen molar-refractivity contribution in [2.24, 2.45) is 0 Å². The van der Waals surface area contributed by atoms with Crippen molar-refractivity contribution in [1.82, 2.24) is 0 Å². The topological polar surface area (TPSA) is 26.3 Å². The fourth-order valence-corrected chi connectivity index (χ4v) is 3.92. The van der Waals surface area contributed by atoms with E-state index in [9.17, 15) is 70.7 Å². The number of allylic oxidation sites excluding steroid dienone is 1. The molecule has 1 unspecified atom stereocenters. The lowest BCUT2D eigenvalue weighted by Crippen LogP contribution is -2.55. The summed E-state index contributed by atoms with van der Waals surface area (Å²) in [6.45, 7) is -0.542. The van der Waals surface area contributed by atoms with Crippen molar-refractivity contribution in [1.29, 1.82) is 0 Å². The molecule has 0 N–H and O–H groups in total. The molecule has 0 aliphatic heterocycles. The maximum atomic E-state index is 14.9. The third kappa shape index (κ3) is 4.88. The number of ether oxygens (including phenoxy) is 1. The van der Waals surface area contributed by atoms with E-state index in [1.807, 2.05) is 0 Å². The first kappa shape index (κ1) is 31.4. The van der Waals surface area contributed by atoms with Gasteiger partial charge in [0.1, 0.15) is 5.76 Å². The van der Waals surface area contributed by atoms with E-state index >= 15 is 0 Å². The predicted molar refractivity (Wildman–Crippen MR) is 107 cm³/mol. The molecule has 0 spiro atoms. The number of esters is 1. The largest absolute Gasteiger partial charge is 0.432 e. The van der Waals surface area contributed by atoms with Crippen LogP contribution in [0, 0.1) is 87.3 Å². The highest BCUT2D eigenvalue weighted by molar-refractivity contribution is 6.87. The van der Waals surface area contributed by atoms with E-state index in [1.165, 1.54) is 0 Å². The summed E-state index contributed by atoms with van der Waals surface area (Å²) in [5.41, 5.74) is -7.65. The van der Waals surface area contributed by atoms with Gasteiger partial charge in [0.05, 0.1) is 0 Å². The first-order valence-electron chi connectivity index (χ1n) is 10.3. The van der Waals surface area contributed by atoms with Crippen molar-refractivity contribution < 1.29 is 75.4 Å². The lowest BCUT2D eigenvalue weighted by molar-refractivity contribution is -0.137. The maximum absolute atomic E-state index is 14.9. The fourth-order valence-electron chi connectivity index (χ4n) is 3.92. The normalized spacial score (nSPS) is 12.0. The second-order valence-electron chi connectivity index (χ2n) is 7.97. The highest BCUT2D eigenvalue weighted by Crippen LogP contribution is 2.37. The molecule has 2 nitrogen and oxygen atoms in total. The second kappa shape index (κ2) is 11.0. The molecule has 0 saturated heterocycles. The summed E-state index contributed by atoms with van der Waals surface area (Å²) < 4.78 is 220. The molecule has 0 radical (unpaired) electrons. The Bertz CT molecular complexity index is 1480. The molecule has 3 rings (SSSR count). The van der Waals surface area contributed by atoms with Crippen LogP contribution in [0.15, 0.2) is 12.3 Å². The van der Waals surface area contributed by atoms with Crippen LogP contribution in [-0.2, 0) is 9.53 Å². The van der Waals surface area contributed by atoms with Crippen LogP contribution in [0.5, 0.6) is 0 Å². The Balaban J connectivity index is 2.72. The van der Waals surface area contributed by atoms with E-state index in [1.54, 1.807) is 0 Å². The van der Waals surface area contributed by atoms with Gasteiger partial charge in [0.25, 0.3) is 0 Å². The van der Waals surface area contributed by atoms with Crippen LogP contribution in [0.4, 0.5) is 65.9 Å². The fraction of sp³-hybridized carbons (Fsp3) is 0.0870. The molecular formula is C23H6BF15O2. The molecule has 0 aliphatic carbocycles. The zero-order valence-corrected chi connectivity index (χ0v) is 19.3. The zero-order valence-electron chi connectivity index (χ0n) is 19.3. The standard InChI is InChI=1S/C23H6BF15O2/c1-3(41-4(2)40)6(5-9(25)15(31)21(37)16(32)10(5)26)24(7-11(27)17(33)22(38)18(34)12(7)28)8-13(29)19(35)23(39)20(36)14(8)30/h6H,1H2,2H3. The minimum Gasteiger partial charge on any atom is -0.432 e. The zero-order chi connectivity index (χ0) is 31.4. The Morgan fingerprint density at radius 3 is 1.02 bits per heavy atom. The summed E-state index contributed by atoms with van der Waals surface area (Å²) in [6, 6.07) is 0. The first-order chi connectivity index (χ1) is 18.9. The molecule has 218 valence electrons. The highest BCUT2D eigenvalue weighted by atomic mass is 19.2. The Kier molecular flexibility index (Phi) is 8.46. The number of rotatable bonds is 6. The lowest BCUT2D eigenvalue weighted by atomic mass is 9.31. The molecule has 3 aromatic carbocycles. The van der Waals surface area contributed by atoms with Gasteiger partial charge in [-0.2, -0.15) is 0 Å². The van der Waals surface area contributed by atoms with Crippen LogP contribution in [0.1, 0.15) is 18.3 Å². The Hall–Kier alpha value is -4.12. The molecular weight excluding hydrogens is 604 g/mol. The van der Waals surface area contributed by atoms with Gasteiger partial charge in [0, 0.05) is 29.2 Å². The minimum atomic E-state index is -3.82. The van der Waals surface area contributed by atoms with Gasteiger partial charge < -0.3 is 4.74 Å². The monoisotopic (exact) mass is 610 g/mol. The molecule has 0 fully saturated rings. The molecule has 1 atom stereocenters. The van der Waals surface area contributed by atoms with Crippen LogP contribution in [-0.4, -0.2) is 12.7 Å². The molecule has 0 heterocycles. The van der Waals surface area contributed by atoms with Gasteiger partial charge in [0.15, 0.2) is 81.4 Å². The Labute approximate surface area is 217 Å². The average Bonchev–Trinajstić information content (AvgIpc) is 2.92. The van der Waals surface area contributed by atoms with Gasteiger partial charge >= 0.3 is 5.97 Å². The third-order valence-corrected chi connectivity index (χ3v) is 5.62. The average molecular weight is 610 g/mol. The third-order valence-electron chi connectivity index (χ3n) is 5.62. The van der Waals surface area contributed by atoms with Gasteiger partial charge in [-0.1, -0.05) is 6.58 Å². The number of benzene rings is 3.